The molecule has 0 bridgehead atoms. The fourth-order valence-corrected chi connectivity index (χ4v) is 6.88. The first-order valence-corrected chi connectivity index (χ1v) is 11.8. The number of carboxylic acids is 1. The van der Waals surface area contributed by atoms with Gasteiger partial charge in [0, 0.05) is 48.5 Å². The molecule has 3 rings (SSSR count). The van der Waals surface area contributed by atoms with Crippen molar-refractivity contribution in [2.45, 2.75) is 43.7 Å². The number of nitrogens with zero attached hydrogens (tertiary/aromatic N) is 2. The standard InChI is InChI=1S/C19H29N3O5S2/c1-9-15-14(10(2)23)18(25)22(15)16(19(26)27)17(9)29-12-5-11(20-6-12)7-28-8-13(24)21(3)4/h9-12,14-15,20,23H,5-8H2,1-4H3,(H,26,27)/t9-,10-,11+,12+,14-,15?/m1/s1. The van der Waals surface area contributed by atoms with Gasteiger partial charge >= 0.3 is 5.97 Å². The Kier molecular flexibility index (Phi) is 6.87. The van der Waals surface area contributed by atoms with Crippen molar-refractivity contribution in [1.29, 1.82) is 0 Å². The van der Waals surface area contributed by atoms with Crippen LogP contribution in [-0.4, -0.2) is 93.4 Å². The highest BCUT2D eigenvalue weighted by molar-refractivity contribution is 8.03. The molecule has 2 amide bonds. The SMILES string of the molecule is C[C@H]1C(S[C@@H]2CN[C@H](CSCC(=O)N(C)C)C2)=C(C(=O)O)N2C(=O)[C@H]([C@@H](C)O)C12. The molecule has 0 aromatic rings. The second-order valence-corrected chi connectivity index (χ2v) is 10.5. The smallest absolute Gasteiger partial charge is 0.353 e. The summed E-state index contributed by atoms with van der Waals surface area (Å²) in [6.45, 7) is 4.29. The van der Waals surface area contributed by atoms with E-state index in [0.29, 0.717) is 5.75 Å². The number of carboxylic acid groups (broad SMARTS) is 1. The van der Waals surface area contributed by atoms with Crippen LogP contribution in [0.1, 0.15) is 20.3 Å². The van der Waals surface area contributed by atoms with E-state index in [4.69, 9.17) is 0 Å². The quantitative estimate of drug-likeness (QED) is 0.463. The van der Waals surface area contributed by atoms with Gasteiger partial charge in [0.1, 0.15) is 5.70 Å². The van der Waals surface area contributed by atoms with Gasteiger partial charge in [-0.2, -0.15) is 11.8 Å². The molecule has 3 aliphatic heterocycles. The van der Waals surface area contributed by atoms with E-state index in [1.165, 1.54) is 4.90 Å². The minimum Gasteiger partial charge on any atom is -0.477 e. The second kappa shape index (κ2) is 8.87. The maximum atomic E-state index is 12.4. The van der Waals surface area contributed by atoms with Crippen molar-refractivity contribution in [3.05, 3.63) is 10.6 Å². The number of hydrogen-bond acceptors (Lipinski definition) is 7. The molecule has 6 atom stereocenters. The van der Waals surface area contributed by atoms with Crippen LogP contribution in [0.5, 0.6) is 0 Å². The summed E-state index contributed by atoms with van der Waals surface area (Å²) in [5.41, 5.74) is 0.0869. The van der Waals surface area contributed by atoms with Gasteiger partial charge in [0.15, 0.2) is 0 Å². The average Bonchev–Trinajstić information content (AvgIpc) is 3.16. The zero-order valence-electron chi connectivity index (χ0n) is 17.1. The Balaban J connectivity index is 1.61. The topological polar surface area (TPSA) is 110 Å². The summed E-state index contributed by atoms with van der Waals surface area (Å²) in [5.74, 6) is -0.639. The minimum absolute atomic E-state index is 0.0869. The van der Waals surface area contributed by atoms with Crippen molar-refractivity contribution in [2.75, 3.05) is 32.1 Å². The third kappa shape index (κ3) is 4.30. The Morgan fingerprint density at radius 3 is 2.66 bits per heavy atom. The van der Waals surface area contributed by atoms with Crippen LogP contribution in [0.2, 0.25) is 0 Å². The average molecular weight is 444 g/mol. The van der Waals surface area contributed by atoms with Crippen LogP contribution in [-0.2, 0) is 14.4 Å². The number of aliphatic carboxylic acids is 1. The number of amides is 2. The van der Waals surface area contributed by atoms with E-state index >= 15 is 0 Å². The Labute approximate surface area is 179 Å². The molecule has 1 unspecified atom stereocenters. The molecule has 0 saturated carbocycles. The van der Waals surface area contributed by atoms with Crippen LogP contribution in [0.3, 0.4) is 0 Å². The van der Waals surface area contributed by atoms with Gasteiger partial charge in [-0.05, 0) is 13.3 Å². The first kappa shape index (κ1) is 22.5. The number of aliphatic hydroxyl groups is 1. The van der Waals surface area contributed by atoms with E-state index in [1.54, 1.807) is 49.4 Å². The lowest BCUT2D eigenvalue weighted by Gasteiger charge is -2.46. The van der Waals surface area contributed by atoms with Crippen molar-refractivity contribution in [2.24, 2.45) is 11.8 Å². The van der Waals surface area contributed by atoms with Crippen LogP contribution < -0.4 is 5.32 Å². The largest absolute Gasteiger partial charge is 0.477 e. The molecule has 10 heteroatoms. The van der Waals surface area contributed by atoms with Crippen LogP contribution in [0, 0.1) is 11.8 Å². The van der Waals surface area contributed by atoms with Gasteiger partial charge in [0.2, 0.25) is 11.8 Å². The van der Waals surface area contributed by atoms with Crippen LogP contribution in [0.15, 0.2) is 10.6 Å². The molecule has 0 radical (unpaired) electrons. The van der Waals surface area contributed by atoms with Gasteiger partial charge in [-0.3, -0.25) is 9.59 Å². The molecule has 0 aromatic heterocycles. The van der Waals surface area contributed by atoms with Crippen molar-refractivity contribution in [1.82, 2.24) is 15.1 Å². The predicted octanol–water partition coefficient (Wildman–Crippen LogP) is 0.425. The lowest BCUT2D eigenvalue weighted by molar-refractivity contribution is -0.163. The molecule has 0 spiro atoms. The van der Waals surface area contributed by atoms with E-state index in [1.807, 2.05) is 6.92 Å². The van der Waals surface area contributed by atoms with Gasteiger partial charge < -0.3 is 25.3 Å². The molecule has 29 heavy (non-hydrogen) atoms. The van der Waals surface area contributed by atoms with Gasteiger partial charge in [0.05, 0.1) is 23.8 Å². The van der Waals surface area contributed by atoms with Crippen LogP contribution in [0.25, 0.3) is 0 Å². The number of nitrogens with one attached hydrogen (secondary N) is 1. The maximum Gasteiger partial charge on any atom is 0.353 e. The fraction of sp³-hybridized carbons (Fsp3) is 0.737. The molecule has 3 aliphatic rings. The van der Waals surface area contributed by atoms with Crippen molar-refractivity contribution >= 4 is 41.3 Å². The lowest BCUT2D eigenvalue weighted by Crippen LogP contribution is -2.63. The molecule has 8 nitrogen and oxygen atoms in total. The third-order valence-corrected chi connectivity index (χ3v) is 8.43. The Bertz CT molecular complexity index is 727. The number of carbonyl (C=O) groups is 3. The highest BCUT2D eigenvalue weighted by Crippen LogP contribution is 2.51. The molecule has 0 aromatic carbocycles. The van der Waals surface area contributed by atoms with Crippen molar-refractivity contribution in [3.63, 3.8) is 0 Å². The summed E-state index contributed by atoms with van der Waals surface area (Å²) in [6, 6.07) is 0.00998. The van der Waals surface area contributed by atoms with Crippen molar-refractivity contribution < 1.29 is 24.6 Å². The summed E-state index contributed by atoms with van der Waals surface area (Å²) in [5, 5.41) is 23.3. The number of fused-ring (bicyclic) bond motifs is 1. The second-order valence-electron chi connectivity index (χ2n) is 8.16. The first-order chi connectivity index (χ1) is 13.6. The molecule has 162 valence electrons. The number of thioether (sulfide) groups is 2. The molecule has 2 saturated heterocycles. The highest BCUT2D eigenvalue weighted by Gasteiger charge is 2.60. The van der Waals surface area contributed by atoms with Gasteiger partial charge in [-0.15, -0.1) is 11.8 Å². The Morgan fingerprint density at radius 2 is 2.07 bits per heavy atom. The predicted molar refractivity (Wildman–Crippen MR) is 113 cm³/mol. The molecule has 3 N–H and O–H groups in total. The molecule has 2 fully saturated rings. The lowest BCUT2D eigenvalue weighted by atomic mass is 9.79. The normalized spacial score (nSPS) is 32.2. The highest BCUT2D eigenvalue weighted by atomic mass is 32.2. The summed E-state index contributed by atoms with van der Waals surface area (Å²) < 4.78 is 0. The summed E-state index contributed by atoms with van der Waals surface area (Å²) in [4.78, 5) is 39.7. The van der Waals surface area contributed by atoms with E-state index in [-0.39, 0.29) is 40.8 Å². The first-order valence-electron chi connectivity index (χ1n) is 9.80. The maximum absolute atomic E-state index is 12.4. The van der Waals surface area contributed by atoms with Crippen LogP contribution in [0.4, 0.5) is 0 Å². The zero-order chi connectivity index (χ0) is 21.5. The molecular weight excluding hydrogens is 414 g/mol. The van der Waals surface area contributed by atoms with Gasteiger partial charge in [0.25, 0.3) is 0 Å². The summed E-state index contributed by atoms with van der Waals surface area (Å²) in [6.07, 6.45) is 0.0973. The van der Waals surface area contributed by atoms with Crippen LogP contribution >= 0.6 is 23.5 Å². The fourth-order valence-electron chi connectivity index (χ4n) is 4.27. The number of β-lactam (4-membered cyclic amide) rings is 1. The Morgan fingerprint density at radius 1 is 1.38 bits per heavy atom. The van der Waals surface area contributed by atoms with E-state index in [0.717, 1.165) is 23.6 Å². The van der Waals surface area contributed by atoms with E-state index < -0.39 is 18.0 Å². The number of aliphatic hydroxyl groups excluding tert-OH is 1. The van der Waals surface area contributed by atoms with E-state index in [9.17, 15) is 24.6 Å². The minimum atomic E-state index is -1.08. The third-order valence-electron chi connectivity index (χ3n) is 5.83. The number of rotatable bonds is 8. The van der Waals surface area contributed by atoms with Gasteiger partial charge in [-0.1, -0.05) is 6.92 Å². The zero-order valence-corrected chi connectivity index (χ0v) is 18.8. The monoisotopic (exact) mass is 443 g/mol. The summed E-state index contributed by atoms with van der Waals surface area (Å²) >= 11 is 3.15. The molecule has 0 aliphatic carbocycles. The molecule has 3 heterocycles. The number of hydrogen-bond donors (Lipinski definition) is 3. The molecular formula is C19H29N3O5S2. The van der Waals surface area contributed by atoms with Crippen molar-refractivity contribution in [3.8, 4) is 0 Å². The van der Waals surface area contributed by atoms with E-state index in [2.05, 4.69) is 5.32 Å². The van der Waals surface area contributed by atoms with Gasteiger partial charge in [-0.25, -0.2) is 4.79 Å². The Hall–Kier alpha value is -1.23. The number of carbonyl (C=O) groups excluding carboxylic acids is 2. The summed E-state index contributed by atoms with van der Waals surface area (Å²) in [7, 11) is 3.49.